The largest absolute Gasteiger partial charge is 0.486 e. The molecule has 0 unspecified atom stereocenters. The number of hydrogen-bond acceptors (Lipinski definition) is 1. The molecule has 2 aromatic carbocycles. The number of hydrogen-bond donors (Lipinski definition) is 0. The molecule has 2 heteroatoms. The third-order valence-electron chi connectivity index (χ3n) is 8.54. The van der Waals surface area contributed by atoms with Crippen molar-refractivity contribution in [3.8, 4) is 5.75 Å². The fraction of sp³-hybridized carbons (Fsp3) is 0.562. The number of ether oxygens (including phenoxy) is 1. The van der Waals surface area contributed by atoms with Gasteiger partial charge >= 0.3 is 0 Å². The number of rotatable bonds is 10. The number of allylic oxidation sites excluding steroid dienone is 2. The topological polar surface area (TPSA) is 9.23 Å². The molecule has 34 heavy (non-hydrogen) atoms. The van der Waals surface area contributed by atoms with Crippen molar-refractivity contribution in [2.75, 3.05) is 6.61 Å². The molecule has 2 aromatic rings. The summed E-state index contributed by atoms with van der Waals surface area (Å²) in [6.07, 6.45) is 22.8. The highest BCUT2D eigenvalue weighted by Gasteiger charge is 2.25. The lowest BCUT2D eigenvalue weighted by Gasteiger charge is -2.32. The molecule has 2 saturated carbocycles. The van der Waals surface area contributed by atoms with Crippen LogP contribution in [0.15, 0.2) is 55.1 Å². The molecule has 0 aliphatic heterocycles. The van der Waals surface area contributed by atoms with E-state index in [1.54, 1.807) is 12.1 Å². The van der Waals surface area contributed by atoms with Gasteiger partial charge in [-0.05, 0) is 86.1 Å². The predicted molar refractivity (Wildman–Crippen MR) is 143 cm³/mol. The molecule has 0 saturated heterocycles. The van der Waals surface area contributed by atoms with Gasteiger partial charge in [-0.25, -0.2) is 4.39 Å². The monoisotopic (exact) mass is 462 g/mol. The Hall–Kier alpha value is -2.09. The average molecular weight is 463 g/mol. The quantitative estimate of drug-likeness (QED) is 0.319. The lowest BCUT2D eigenvalue weighted by molar-refractivity contribution is 0.225. The normalized spacial score (nSPS) is 25.6. The van der Waals surface area contributed by atoms with Gasteiger partial charge in [0.2, 0.25) is 0 Å². The Kier molecular flexibility index (Phi) is 9.25. The minimum absolute atomic E-state index is 0.263. The second kappa shape index (κ2) is 12.6. The van der Waals surface area contributed by atoms with Gasteiger partial charge in [-0.1, -0.05) is 87.6 Å². The van der Waals surface area contributed by atoms with E-state index in [-0.39, 0.29) is 5.82 Å². The van der Waals surface area contributed by atoms with Crippen molar-refractivity contribution in [2.45, 2.75) is 89.9 Å². The molecule has 0 spiro atoms. The van der Waals surface area contributed by atoms with Gasteiger partial charge in [0.05, 0.1) is 0 Å². The Bertz CT molecular complexity index is 945. The van der Waals surface area contributed by atoms with Crippen LogP contribution in [0.25, 0.3) is 10.8 Å². The van der Waals surface area contributed by atoms with Gasteiger partial charge in [0, 0.05) is 5.39 Å². The highest BCUT2D eigenvalue weighted by molar-refractivity contribution is 5.85. The zero-order valence-corrected chi connectivity index (χ0v) is 21.1. The lowest BCUT2D eigenvalue weighted by atomic mass is 9.74. The van der Waals surface area contributed by atoms with E-state index in [2.05, 4.69) is 37.8 Å². The first kappa shape index (κ1) is 25.0. The molecule has 0 N–H and O–H groups in total. The first-order chi connectivity index (χ1) is 16.7. The molecular weight excluding hydrogens is 419 g/mol. The SMILES string of the molecule is C=CCOc1ccc2cc(C3CCC(CCC4CCC(CC/C=C/C)CC4)CC3)ccc2c1F. The molecule has 2 fully saturated rings. The number of fused-ring (bicyclic) bond motifs is 1. The van der Waals surface area contributed by atoms with Crippen LogP contribution in [0.2, 0.25) is 0 Å². The summed E-state index contributed by atoms with van der Waals surface area (Å²) < 4.78 is 20.2. The van der Waals surface area contributed by atoms with Crippen LogP contribution in [0.4, 0.5) is 4.39 Å². The van der Waals surface area contributed by atoms with E-state index in [0.717, 1.165) is 23.1 Å². The van der Waals surface area contributed by atoms with Crippen molar-refractivity contribution in [3.05, 3.63) is 66.5 Å². The summed E-state index contributed by atoms with van der Waals surface area (Å²) >= 11 is 0. The average Bonchev–Trinajstić information content (AvgIpc) is 2.88. The van der Waals surface area contributed by atoms with E-state index in [4.69, 9.17) is 4.74 Å². The predicted octanol–water partition coefficient (Wildman–Crippen LogP) is 9.76. The molecule has 2 aliphatic rings. The Morgan fingerprint density at radius 3 is 2.18 bits per heavy atom. The van der Waals surface area contributed by atoms with Crippen LogP contribution in [0.5, 0.6) is 5.75 Å². The molecule has 0 aromatic heterocycles. The summed E-state index contributed by atoms with van der Waals surface area (Å²) in [6, 6.07) is 10.0. The first-order valence-corrected chi connectivity index (χ1v) is 13.7. The van der Waals surface area contributed by atoms with E-state index in [0.29, 0.717) is 23.7 Å². The third kappa shape index (κ3) is 6.52. The van der Waals surface area contributed by atoms with Crippen LogP contribution >= 0.6 is 0 Å². The summed E-state index contributed by atoms with van der Waals surface area (Å²) in [7, 11) is 0. The maximum Gasteiger partial charge on any atom is 0.172 e. The van der Waals surface area contributed by atoms with Gasteiger partial charge in [-0.15, -0.1) is 0 Å². The molecule has 0 atom stereocenters. The minimum atomic E-state index is -0.263. The van der Waals surface area contributed by atoms with Gasteiger partial charge in [-0.3, -0.25) is 0 Å². The van der Waals surface area contributed by atoms with Crippen LogP contribution < -0.4 is 4.74 Å². The molecule has 1 nitrogen and oxygen atoms in total. The van der Waals surface area contributed by atoms with E-state index < -0.39 is 0 Å². The van der Waals surface area contributed by atoms with Crippen molar-refractivity contribution < 1.29 is 9.13 Å². The van der Waals surface area contributed by atoms with E-state index in [1.165, 1.54) is 82.6 Å². The molecule has 184 valence electrons. The summed E-state index contributed by atoms with van der Waals surface area (Å²) in [5.74, 6) is 3.53. The van der Waals surface area contributed by atoms with Gasteiger partial charge in [0.15, 0.2) is 11.6 Å². The van der Waals surface area contributed by atoms with Crippen LogP contribution in [0, 0.1) is 23.6 Å². The summed E-state index contributed by atoms with van der Waals surface area (Å²) in [6.45, 7) is 6.09. The van der Waals surface area contributed by atoms with E-state index in [1.807, 2.05) is 12.1 Å². The Balaban J connectivity index is 1.23. The van der Waals surface area contributed by atoms with Gasteiger partial charge < -0.3 is 4.74 Å². The van der Waals surface area contributed by atoms with Gasteiger partial charge in [0.25, 0.3) is 0 Å². The highest BCUT2D eigenvalue weighted by Crippen LogP contribution is 2.41. The van der Waals surface area contributed by atoms with Crippen molar-refractivity contribution in [3.63, 3.8) is 0 Å². The molecule has 4 rings (SSSR count). The molecule has 0 amide bonds. The molecular formula is C32H43FO. The standard InChI is InChI=1S/C32H43FO/c1-3-5-6-7-24-8-10-25(11-9-24)12-13-26-14-16-27(17-15-26)28-18-20-30-29(23-28)19-21-31(32(30)33)34-22-4-2/h3-5,18-21,23-27H,2,6-17,22H2,1H3/b5-3+. The second-order valence-corrected chi connectivity index (χ2v) is 10.8. The van der Waals surface area contributed by atoms with Crippen LogP contribution in [-0.2, 0) is 0 Å². The minimum Gasteiger partial charge on any atom is -0.486 e. The van der Waals surface area contributed by atoms with E-state index in [9.17, 15) is 4.39 Å². The fourth-order valence-electron chi connectivity index (χ4n) is 6.37. The number of halogens is 1. The highest BCUT2D eigenvalue weighted by atomic mass is 19.1. The maximum absolute atomic E-state index is 14.8. The number of benzene rings is 2. The second-order valence-electron chi connectivity index (χ2n) is 10.8. The summed E-state index contributed by atoms with van der Waals surface area (Å²) in [5.41, 5.74) is 1.38. The first-order valence-electron chi connectivity index (χ1n) is 13.7. The Morgan fingerprint density at radius 2 is 1.53 bits per heavy atom. The van der Waals surface area contributed by atoms with Crippen molar-refractivity contribution in [1.82, 2.24) is 0 Å². The van der Waals surface area contributed by atoms with Crippen molar-refractivity contribution in [1.29, 1.82) is 0 Å². The van der Waals surface area contributed by atoms with Crippen molar-refractivity contribution in [2.24, 2.45) is 17.8 Å². The van der Waals surface area contributed by atoms with Crippen molar-refractivity contribution >= 4 is 10.8 Å². The van der Waals surface area contributed by atoms with Crippen LogP contribution in [0.3, 0.4) is 0 Å². The Labute approximate surface area is 206 Å². The molecule has 0 heterocycles. The lowest BCUT2D eigenvalue weighted by Crippen LogP contribution is -2.17. The zero-order chi connectivity index (χ0) is 23.8. The molecule has 0 radical (unpaired) electrons. The van der Waals surface area contributed by atoms with Crippen LogP contribution in [-0.4, -0.2) is 6.61 Å². The maximum atomic E-state index is 14.8. The third-order valence-corrected chi connectivity index (χ3v) is 8.54. The summed E-state index contributed by atoms with van der Waals surface area (Å²) in [4.78, 5) is 0. The van der Waals surface area contributed by atoms with Gasteiger partial charge in [0.1, 0.15) is 6.61 Å². The fourth-order valence-corrected chi connectivity index (χ4v) is 6.37. The summed E-state index contributed by atoms with van der Waals surface area (Å²) in [5, 5.41) is 1.62. The smallest absolute Gasteiger partial charge is 0.172 e. The van der Waals surface area contributed by atoms with E-state index >= 15 is 0 Å². The Morgan fingerprint density at radius 1 is 0.882 bits per heavy atom. The molecule has 2 aliphatic carbocycles. The van der Waals surface area contributed by atoms with Crippen LogP contribution in [0.1, 0.15) is 95.5 Å². The zero-order valence-electron chi connectivity index (χ0n) is 21.1. The molecule has 0 bridgehead atoms. The van der Waals surface area contributed by atoms with Gasteiger partial charge in [-0.2, -0.15) is 0 Å².